The number of carbonyl (C=O) groups is 1. The highest BCUT2D eigenvalue weighted by atomic mass is 32.1. The Balaban J connectivity index is 2.51. The summed E-state index contributed by atoms with van der Waals surface area (Å²) in [6, 6.07) is 6.09. The van der Waals surface area contributed by atoms with E-state index in [1.165, 1.54) is 6.07 Å². The summed E-state index contributed by atoms with van der Waals surface area (Å²) < 4.78 is 18.6. The first kappa shape index (κ1) is 12.5. The predicted octanol–water partition coefficient (Wildman–Crippen LogP) is 2.71. The van der Waals surface area contributed by atoms with E-state index in [0.717, 1.165) is 11.3 Å². The molecule has 18 heavy (non-hydrogen) atoms. The normalized spacial score (nSPS) is 10.3. The first-order valence-corrected chi connectivity index (χ1v) is 6.13. The number of ether oxygens (including phenoxy) is 1. The van der Waals surface area contributed by atoms with Gasteiger partial charge in [0.1, 0.15) is 16.4 Å². The fourth-order valence-corrected chi connectivity index (χ4v) is 2.25. The number of nitrogens with two attached hydrogens (primary N) is 1. The minimum absolute atomic E-state index is 0.205. The number of nitrogen functional groups attached to an aromatic ring is 1. The van der Waals surface area contributed by atoms with Gasteiger partial charge in [0.25, 0.3) is 0 Å². The number of hydrogen-bond donors (Lipinski definition) is 1. The van der Waals surface area contributed by atoms with Gasteiger partial charge >= 0.3 is 5.97 Å². The molecule has 6 heteroatoms. The van der Waals surface area contributed by atoms with Crippen molar-refractivity contribution >= 4 is 22.4 Å². The zero-order valence-corrected chi connectivity index (χ0v) is 10.5. The number of anilines is 1. The summed E-state index contributed by atoms with van der Waals surface area (Å²) >= 11 is 0.991. The standard InChI is InChI=1S/C12H11FN2O2S/c1-2-17-11(16)10-9(15-12(14)18-10)7-5-3-4-6-8(7)13/h3-6H,2H2,1H3,(H2,14,15). The summed E-state index contributed by atoms with van der Waals surface area (Å²) in [5.74, 6) is -0.988. The molecule has 94 valence electrons. The SMILES string of the molecule is CCOC(=O)c1sc(N)nc1-c1ccccc1F. The maximum Gasteiger partial charge on any atom is 0.350 e. The Hall–Kier alpha value is -1.95. The van der Waals surface area contributed by atoms with Crippen molar-refractivity contribution in [2.24, 2.45) is 0 Å². The molecular weight excluding hydrogens is 255 g/mol. The van der Waals surface area contributed by atoms with Crippen molar-refractivity contribution in [3.63, 3.8) is 0 Å². The Kier molecular flexibility index (Phi) is 3.57. The largest absolute Gasteiger partial charge is 0.462 e. The molecule has 0 aliphatic carbocycles. The molecule has 2 aromatic rings. The Bertz CT molecular complexity index is 583. The van der Waals surface area contributed by atoms with Crippen LogP contribution in [0, 0.1) is 5.82 Å². The molecule has 0 unspecified atom stereocenters. The number of halogens is 1. The second-order valence-corrected chi connectivity index (χ2v) is 4.46. The van der Waals surface area contributed by atoms with Gasteiger partial charge in [-0.25, -0.2) is 14.2 Å². The molecule has 0 radical (unpaired) electrons. The molecule has 0 amide bonds. The molecule has 0 aliphatic heterocycles. The van der Waals surface area contributed by atoms with Crippen molar-refractivity contribution in [2.75, 3.05) is 12.3 Å². The molecule has 2 rings (SSSR count). The minimum atomic E-state index is -0.537. The quantitative estimate of drug-likeness (QED) is 0.867. The fraction of sp³-hybridized carbons (Fsp3) is 0.167. The lowest BCUT2D eigenvalue weighted by Crippen LogP contribution is -2.04. The van der Waals surface area contributed by atoms with E-state index in [-0.39, 0.29) is 27.9 Å². The number of carbonyl (C=O) groups excluding carboxylic acids is 1. The summed E-state index contributed by atoms with van der Waals surface area (Å²) in [5.41, 5.74) is 6.05. The van der Waals surface area contributed by atoms with Crippen molar-refractivity contribution < 1.29 is 13.9 Å². The first-order valence-electron chi connectivity index (χ1n) is 5.31. The topological polar surface area (TPSA) is 65.2 Å². The molecule has 0 atom stereocenters. The third-order valence-electron chi connectivity index (χ3n) is 2.23. The van der Waals surface area contributed by atoms with Crippen LogP contribution in [0.4, 0.5) is 9.52 Å². The van der Waals surface area contributed by atoms with Gasteiger partial charge in [0, 0.05) is 5.56 Å². The molecule has 0 spiro atoms. The number of aromatic nitrogens is 1. The van der Waals surface area contributed by atoms with Gasteiger partial charge in [0.2, 0.25) is 0 Å². The molecule has 2 N–H and O–H groups in total. The molecule has 4 nitrogen and oxygen atoms in total. The maximum atomic E-state index is 13.7. The van der Waals surface area contributed by atoms with E-state index in [0.29, 0.717) is 0 Å². The highest BCUT2D eigenvalue weighted by molar-refractivity contribution is 7.17. The van der Waals surface area contributed by atoms with Crippen LogP contribution in [0.15, 0.2) is 24.3 Å². The average Bonchev–Trinajstić information content (AvgIpc) is 2.72. The minimum Gasteiger partial charge on any atom is -0.462 e. The van der Waals surface area contributed by atoms with Gasteiger partial charge in [-0.3, -0.25) is 0 Å². The van der Waals surface area contributed by atoms with E-state index in [9.17, 15) is 9.18 Å². The van der Waals surface area contributed by atoms with Gasteiger partial charge in [-0.2, -0.15) is 0 Å². The van der Waals surface area contributed by atoms with Crippen LogP contribution in [0.5, 0.6) is 0 Å². The van der Waals surface area contributed by atoms with Gasteiger partial charge in [-0.05, 0) is 19.1 Å². The lowest BCUT2D eigenvalue weighted by molar-refractivity contribution is 0.0532. The van der Waals surface area contributed by atoms with E-state index in [1.54, 1.807) is 25.1 Å². The Morgan fingerprint density at radius 1 is 1.50 bits per heavy atom. The van der Waals surface area contributed by atoms with Crippen LogP contribution in [-0.4, -0.2) is 17.6 Å². The lowest BCUT2D eigenvalue weighted by Gasteiger charge is -2.03. The van der Waals surface area contributed by atoms with Gasteiger partial charge in [-0.1, -0.05) is 23.5 Å². The van der Waals surface area contributed by atoms with Crippen molar-refractivity contribution in [3.8, 4) is 11.3 Å². The Labute approximate surface area is 107 Å². The molecule has 0 saturated heterocycles. The van der Waals surface area contributed by atoms with E-state index >= 15 is 0 Å². The van der Waals surface area contributed by atoms with Crippen LogP contribution in [0.2, 0.25) is 0 Å². The van der Waals surface area contributed by atoms with E-state index in [4.69, 9.17) is 10.5 Å². The van der Waals surface area contributed by atoms with Crippen LogP contribution in [-0.2, 0) is 4.74 Å². The second kappa shape index (κ2) is 5.14. The third-order valence-corrected chi connectivity index (χ3v) is 3.10. The molecule has 0 bridgehead atoms. The number of rotatable bonds is 3. The number of esters is 1. The smallest absolute Gasteiger partial charge is 0.350 e. The van der Waals surface area contributed by atoms with Gasteiger partial charge in [0.15, 0.2) is 5.13 Å². The molecule has 0 saturated carbocycles. The van der Waals surface area contributed by atoms with E-state index in [2.05, 4.69) is 4.98 Å². The molecule has 0 aliphatic rings. The molecule has 1 aromatic carbocycles. The van der Waals surface area contributed by atoms with E-state index < -0.39 is 11.8 Å². The highest BCUT2D eigenvalue weighted by Gasteiger charge is 2.21. The van der Waals surface area contributed by atoms with E-state index in [1.807, 2.05) is 0 Å². The van der Waals surface area contributed by atoms with Crippen LogP contribution in [0.25, 0.3) is 11.3 Å². The molecule has 0 fully saturated rings. The van der Waals surface area contributed by atoms with Crippen LogP contribution >= 0.6 is 11.3 Å². The summed E-state index contributed by atoms with van der Waals surface area (Å²) in [4.78, 5) is 16.0. The van der Waals surface area contributed by atoms with Crippen LogP contribution < -0.4 is 5.73 Å². The first-order chi connectivity index (χ1) is 8.63. The summed E-state index contributed by atoms with van der Waals surface area (Å²) in [7, 11) is 0. The van der Waals surface area contributed by atoms with Crippen molar-refractivity contribution in [3.05, 3.63) is 35.0 Å². The number of hydrogen-bond acceptors (Lipinski definition) is 5. The highest BCUT2D eigenvalue weighted by Crippen LogP contribution is 2.31. The monoisotopic (exact) mass is 266 g/mol. The average molecular weight is 266 g/mol. The zero-order chi connectivity index (χ0) is 13.1. The zero-order valence-electron chi connectivity index (χ0n) is 9.64. The van der Waals surface area contributed by atoms with Gasteiger partial charge in [-0.15, -0.1) is 0 Å². The molecule has 1 heterocycles. The molecule has 1 aromatic heterocycles. The summed E-state index contributed by atoms with van der Waals surface area (Å²) in [6.45, 7) is 1.94. The van der Waals surface area contributed by atoms with Crippen molar-refractivity contribution in [1.29, 1.82) is 0 Å². The maximum absolute atomic E-state index is 13.7. The summed E-state index contributed by atoms with van der Waals surface area (Å²) in [6.07, 6.45) is 0. The Morgan fingerprint density at radius 2 is 2.22 bits per heavy atom. The fourth-order valence-electron chi connectivity index (χ4n) is 1.51. The van der Waals surface area contributed by atoms with Crippen LogP contribution in [0.1, 0.15) is 16.6 Å². The third kappa shape index (κ3) is 2.33. The van der Waals surface area contributed by atoms with Gasteiger partial charge in [0.05, 0.1) is 6.61 Å². The van der Waals surface area contributed by atoms with Crippen molar-refractivity contribution in [1.82, 2.24) is 4.98 Å². The second-order valence-electron chi connectivity index (χ2n) is 3.43. The predicted molar refractivity (Wildman–Crippen MR) is 67.9 cm³/mol. The molecular formula is C12H11FN2O2S. The number of benzene rings is 1. The summed E-state index contributed by atoms with van der Waals surface area (Å²) in [5, 5.41) is 0.205. The number of nitrogens with zero attached hydrogens (tertiary/aromatic N) is 1. The van der Waals surface area contributed by atoms with Gasteiger partial charge < -0.3 is 10.5 Å². The lowest BCUT2D eigenvalue weighted by atomic mass is 10.1. The number of thiazole rings is 1. The van der Waals surface area contributed by atoms with Crippen molar-refractivity contribution in [2.45, 2.75) is 6.92 Å². The van der Waals surface area contributed by atoms with Crippen LogP contribution in [0.3, 0.4) is 0 Å². The Morgan fingerprint density at radius 3 is 2.89 bits per heavy atom.